The molecule has 0 amide bonds. The van der Waals surface area contributed by atoms with Crippen molar-refractivity contribution in [1.82, 2.24) is 0 Å². The summed E-state index contributed by atoms with van der Waals surface area (Å²) in [6, 6.07) is 18.4. The zero-order chi connectivity index (χ0) is 13.2. The predicted octanol–water partition coefficient (Wildman–Crippen LogP) is 2.80. The SMILES string of the molecule is C[C@](O)(c1ccccc1)[C@](C)(O)c1ccccc1. The Bertz CT molecular complexity index is 452. The fourth-order valence-corrected chi connectivity index (χ4v) is 2.09. The Balaban J connectivity index is 2.47. The van der Waals surface area contributed by atoms with E-state index >= 15 is 0 Å². The van der Waals surface area contributed by atoms with Crippen LogP contribution in [0.4, 0.5) is 0 Å². The molecule has 0 aromatic heterocycles. The molecule has 2 atom stereocenters. The normalized spacial score (nSPS) is 17.8. The first-order valence-corrected chi connectivity index (χ1v) is 6.02. The summed E-state index contributed by atoms with van der Waals surface area (Å²) in [6.45, 7) is 3.27. The lowest BCUT2D eigenvalue weighted by Gasteiger charge is -2.39. The molecule has 0 spiro atoms. The first kappa shape index (κ1) is 12.8. The first-order chi connectivity index (χ1) is 8.46. The molecule has 2 rings (SSSR count). The maximum absolute atomic E-state index is 10.7. The number of benzene rings is 2. The molecule has 2 nitrogen and oxygen atoms in total. The topological polar surface area (TPSA) is 40.5 Å². The van der Waals surface area contributed by atoms with Crippen LogP contribution in [0.1, 0.15) is 25.0 Å². The van der Waals surface area contributed by atoms with Gasteiger partial charge in [-0.15, -0.1) is 0 Å². The molecule has 0 saturated carbocycles. The van der Waals surface area contributed by atoms with Crippen molar-refractivity contribution in [1.29, 1.82) is 0 Å². The Morgan fingerprint density at radius 1 is 0.611 bits per heavy atom. The molecular formula is C16H18O2. The fraction of sp³-hybridized carbons (Fsp3) is 0.250. The van der Waals surface area contributed by atoms with E-state index in [-0.39, 0.29) is 0 Å². The number of rotatable bonds is 3. The quantitative estimate of drug-likeness (QED) is 0.869. The smallest absolute Gasteiger partial charge is 0.119 e. The molecule has 2 N–H and O–H groups in total. The van der Waals surface area contributed by atoms with Gasteiger partial charge in [0, 0.05) is 0 Å². The molecule has 2 aromatic rings. The van der Waals surface area contributed by atoms with E-state index in [0.29, 0.717) is 11.1 Å². The molecule has 0 fully saturated rings. The van der Waals surface area contributed by atoms with Crippen LogP contribution in [0.2, 0.25) is 0 Å². The summed E-state index contributed by atoms with van der Waals surface area (Å²) >= 11 is 0. The second kappa shape index (κ2) is 4.56. The van der Waals surface area contributed by atoms with Gasteiger partial charge in [-0.3, -0.25) is 0 Å². The standard InChI is InChI=1S/C16H18O2/c1-15(17,13-9-5-3-6-10-13)16(2,18)14-11-7-4-8-12-14/h3-12,17-18H,1-2H3/t15-,16+. The second-order valence-electron chi connectivity index (χ2n) is 4.88. The van der Waals surface area contributed by atoms with Gasteiger partial charge >= 0.3 is 0 Å². The lowest BCUT2D eigenvalue weighted by molar-refractivity contribution is -0.143. The molecule has 18 heavy (non-hydrogen) atoms. The van der Waals surface area contributed by atoms with Crippen LogP contribution in [-0.4, -0.2) is 10.2 Å². The highest BCUT2D eigenvalue weighted by atomic mass is 16.4. The summed E-state index contributed by atoms with van der Waals surface area (Å²) in [5, 5.41) is 21.4. The summed E-state index contributed by atoms with van der Waals surface area (Å²) in [5.41, 5.74) is -1.32. The molecule has 0 aliphatic heterocycles. The van der Waals surface area contributed by atoms with Crippen LogP contribution in [0.5, 0.6) is 0 Å². The molecule has 0 saturated heterocycles. The summed E-state index contributed by atoms with van der Waals surface area (Å²) in [6.07, 6.45) is 0. The Morgan fingerprint density at radius 2 is 0.889 bits per heavy atom. The van der Waals surface area contributed by atoms with Crippen LogP contribution in [0.15, 0.2) is 60.7 Å². The third kappa shape index (κ3) is 2.05. The van der Waals surface area contributed by atoms with Crippen LogP contribution in [0.3, 0.4) is 0 Å². The minimum absolute atomic E-state index is 0.693. The van der Waals surface area contributed by atoms with E-state index in [1.54, 1.807) is 13.8 Å². The molecule has 0 aliphatic carbocycles. The molecule has 94 valence electrons. The molecule has 0 heterocycles. The largest absolute Gasteiger partial charge is 0.382 e. The lowest BCUT2D eigenvalue weighted by Crippen LogP contribution is -2.45. The van der Waals surface area contributed by atoms with E-state index < -0.39 is 11.2 Å². The van der Waals surface area contributed by atoms with E-state index in [1.165, 1.54) is 0 Å². The number of hydrogen-bond acceptors (Lipinski definition) is 2. The number of aliphatic hydroxyl groups is 2. The van der Waals surface area contributed by atoms with Crippen molar-refractivity contribution in [3.05, 3.63) is 71.8 Å². The first-order valence-electron chi connectivity index (χ1n) is 6.02. The van der Waals surface area contributed by atoms with Gasteiger partial charge in [-0.25, -0.2) is 0 Å². The van der Waals surface area contributed by atoms with Crippen molar-refractivity contribution in [3.63, 3.8) is 0 Å². The van der Waals surface area contributed by atoms with Gasteiger partial charge in [-0.2, -0.15) is 0 Å². The average molecular weight is 242 g/mol. The Labute approximate surface area is 108 Å². The van der Waals surface area contributed by atoms with Crippen molar-refractivity contribution in [3.8, 4) is 0 Å². The fourth-order valence-electron chi connectivity index (χ4n) is 2.09. The van der Waals surface area contributed by atoms with Crippen molar-refractivity contribution in [2.75, 3.05) is 0 Å². The summed E-state index contributed by atoms with van der Waals surface area (Å²) in [7, 11) is 0. The van der Waals surface area contributed by atoms with Crippen LogP contribution in [0.25, 0.3) is 0 Å². The van der Waals surface area contributed by atoms with Gasteiger partial charge in [-0.05, 0) is 25.0 Å². The highest BCUT2D eigenvalue weighted by Crippen LogP contribution is 2.39. The minimum Gasteiger partial charge on any atom is -0.382 e. The van der Waals surface area contributed by atoms with Crippen molar-refractivity contribution in [2.45, 2.75) is 25.0 Å². The van der Waals surface area contributed by atoms with E-state index in [1.807, 2.05) is 60.7 Å². The average Bonchev–Trinajstić information content (AvgIpc) is 2.40. The summed E-state index contributed by atoms with van der Waals surface area (Å²) in [4.78, 5) is 0. The molecule has 0 aliphatic rings. The van der Waals surface area contributed by atoms with Crippen molar-refractivity contribution in [2.24, 2.45) is 0 Å². The van der Waals surface area contributed by atoms with E-state index in [0.717, 1.165) is 0 Å². The van der Waals surface area contributed by atoms with Gasteiger partial charge in [0.25, 0.3) is 0 Å². The predicted molar refractivity (Wildman–Crippen MR) is 72.0 cm³/mol. The Hall–Kier alpha value is -1.64. The maximum Gasteiger partial charge on any atom is 0.119 e. The van der Waals surface area contributed by atoms with E-state index in [2.05, 4.69) is 0 Å². The third-order valence-corrected chi connectivity index (χ3v) is 3.62. The molecular weight excluding hydrogens is 224 g/mol. The zero-order valence-electron chi connectivity index (χ0n) is 10.7. The van der Waals surface area contributed by atoms with Crippen molar-refractivity contribution >= 4 is 0 Å². The van der Waals surface area contributed by atoms with Gasteiger partial charge in [0.05, 0.1) is 0 Å². The van der Waals surface area contributed by atoms with Gasteiger partial charge in [-0.1, -0.05) is 60.7 Å². The van der Waals surface area contributed by atoms with Gasteiger partial charge in [0.15, 0.2) is 0 Å². The number of hydrogen-bond donors (Lipinski definition) is 2. The summed E-state index contributed by atoms with van der Waals surface area (Å²) in [5.74, 6) is 0. The minimum atomic E-state index is -1.35. The Morgan fingerprint density at radius 3 is 1.17 bits per heavy atom. The van der Waals surface area contributed by atoms with Gasteiger partial charge < -0.3 is 10.2 Å². The molecule has 2 heteroatoms. The molecule has 0 unspecified atom stereocenters. The Kier molecular flexibility index (Phi) is 3.24. The molecule has 0 bridgehead atoms. The zero-order valence-corrected chi connectivity index (χ0v) is 10.7. The van der Waals surface area contributed by atoms with Crippen LogP contribution in [0, 0.1) is 0 Å². The van der Waals surface area contributed by atoms with E-state index in [9.17, 15) is 10.2 Å². The molecule has 0 radical (unpaired) electrons. The van der Waals surface area contributed by atoms with Gasteiger partial charge in [0.2, 0.25) is 0 Å². The second-order valence-corrected chi connectivity index (χ2v) is 4.88. The van der Waals surface area contributed by atoms with E-state index in [4.69, 9.17) is 0 Å². The summed E-state index contributed by atoms with van der Waals surface area (Å²) < 4.78 is 0. The highest BCUT2D eigenvalue weighted by Gasteiger charge is 2.44. The maximum atomic E-state index is 10.7. The van der Waals surface area contributed by atoms with Crippen LogP contribution >= 0.6 is 0 Å². The lowest BCUT2D eigenvalue weighted by atomic mass is 9.76. The molecule has 2 aromatic carbocycles. The van der Waals surface area contributed by atoms with Crippen molar-refractivity contribution < 1.29 is 10.2 Å². The monoisotopic (exact) mass is 242 g/mol. The highest BCUT2D eigenvalue weighted by molar-refractivity contribution is 5.32. The third-order valence-electron chi connectivity index (χ3n) is 3.62. The van der Waals surface area contributed by atoms with Gasteiger partial charge in [0.1, 0.15) is 11.2 Å². The van der Waals surface area contributed by atoms with Crippen LogP contribution in [-0.2, 0) is 11.2 Å². The van der Waals surface area contributed by atoms with Crippen LogP contribution < -0.4 is 0 Å².